The smallest absolute Gasteiger partial charge is 0.385 e. The Morgan fingerprint density at radius 3 is 2.86 bits per heavy atom. The molecular weight excluding hydrogens is 398 g/mol. The number of nitrogens with two attached hydrogens (primary N) is 1. The van der Waals surface area contributed by atoms with Gasteiger partial charge in [-0.25, -0.2) is 28.6 Å². The number of rotatable bonds is 5. The minimum Gasteiger partial charge on any atom is -0.385 e. The Hall–Kier alpha value is -1.73. The van der Waals surface area contributed by atoms with Gasteiger partial charge in [0.2, 0.25) is 0 Å². The fraction of sp³-hybridized carbons (Fsp3) is 0.643. The maximum Gasteiger partial charge on any atom is 0.405 e. The summed E-state index contributed by atoms with van der Waals surface area (Å²) in [5, 5.41) is 10.3. The van der Waals surface area contributed by atoms with E-state index in [2.05, 4.69) is 15.0 Å². The van der Waals surface area contributed by atoms with E-state index in [-0.39, 0.29) is 24.6 Å². The molecular formula is C14H20FN6O6P. The first-order chi connectivity index (χ1) is 13.4. The van der Waals surface area contributed by atoms with Crippen molar-refractivity contribution in [3.8, 4) is 0 Å². The van der Waals surface area contributed by atoms with Crippen LogP contribution in [0.1, 0.15) is 6.23 Å². The predicted molar refractivity (Wildman–Crippen MR) is 92.7 cm³/mol. The highest BCUT2D eigenvalue weighted by Crippen LogP contribution is 2.47. The molecule has 2 aromatic heterocycles. The standard InChI is InChI=1S/C14H20FN6O6P/c15-9-8(5-26-28(23,24)20-1-3-25-4-2-20)27-14(11(9)22)21-7-19-10-12(16)17-6-18-13(10)21/h6-9,11,14,22H,1-5H2,(H,23,24)(H2,16,17,18)/t8-,9?,11?,14-/m1/s1. The first-order valence-electron chi connectivity index (χ1n) is 8.59. The van der Waals surface area contributed by atoms with Gasteiger partial charge in [-0.05, 0) is 0 Å². The van der Waals surface area contributed by atoms with Crippen molar-refractivity contribution in [1.82, 2.24) is 24.2 Å². The van der Waals surface area contributed by atoms with E-state index < -0.39 is 39.0 Å². The topological polar surface area (TPSA) is 158 Å². The van der Waals surface area contributed by atoms with Crippen LogP contribution in [0.15, 0.2) is 12.7 Å². The number of aliphatic hydroxyl groups is 1. The minimum atomic E-state index is -4.12. The molecule has 0 radical (unpaired) electrons. The first kappa shape index (κ1) is 19.6. The molecule has 0 aliphatic carbocycles. The maximum absolute atomic E-state index is 14.6. The van der Waals surface area contributed by atoms with Crippen LogP contribution in [-0.2, 0) is 18.6 Å². The molecule has 0 aromatic carbocycles. The Morgan fingerprint density at radius 1 is 1.36 bits per heavy atom. The van der Waals surface area contributed by atoms with E-state index in [0.717, 1.165) is 0 Å². The van der Waals surface area contributed by atoms with Crippen molar-refractivity contribution in [3.63, 3.8) is 0 Å². The summed E-state index contributed by atoms with van der Waals surface area (Å²) in [5.74, 6) is 0.139. The Morgan fingerprint density at radius 2 is 2.11 bits per heavy atom. The Labute approximate surface area is 158 Å². The fourth-order valence-corrected chi connectivity index (χ4v) is 4.36. The number of halogens is 1. The number of nitrogens with zero attached hydrogens (tertiary/aromatic N) is 5. The van der Waals surface area contributed by atoms with Gasteiger partial charge in [-0.3, -0.25) is 9.09 Å². The second kappa shape index (κ2) is 7.59. The van der Waals surface area contributed by atoms with Crippen LogP contribution in [0.3, 0.4) is 0 Å². The lowest BCUT2D eigenvalue weighted by molar-refractivity contribution is -0.0492. The van der Waals surface area contributed by atoms with Gasteiger partial charge in [0, 0.05) is 13.1 Å². The fourth-order valence-electron chi connectivity index (χ4n) is 3.19. The van der Waals surface area contributed by atoms with Crippen molar-refractivity contribution in [1.29, 1.82) is 0 Å². The van der Waals surface area contributed by atoms with Crippen molar-refractivity contribution >= 4 is 24.7 Å². The molecule has 2 saturated heterocycles. The summed E-state index contributed by atoms with van der Waals surface area (Å²) in [5.41, 5.74) is 6.29. The highest BCUT2D eigenvalue weighted by molar-refractivity contribution is 7.50. The average Bonchev–Trinajstić information content (AvgIpc) is 3.24. The number of imidazole rings is 1. The van der Waals surface area contributed by atoms with Crippen molar-refractivity contribution < 1.29 is 33.0 Å². The summed E-state index contributed by atoms with van der Waals surface area (Å²) in [6.07, 6.45) is -3.27. The van der Waals surface area contributed by atoms with Crippen LogP contribution >= 0.6 is 7.75 Å². The summed E-state index contributed by atoms with van der Waals surface area (Å²) in [4.78, 5) is 22.0. The number of hydrogen-bond acceptors (Lipinski definition) is 9. The van der Waals surface area contributed by atoms with Crippen LogP contribution in [0, 0.1) is 0 Å². The summed E-state index contributed by atoms with van der Waals surface area (Å²) < 4.78 is 45.3. The number of fused-ring (bicyclic) bond motifs is 1. The van der Waals surface area contributed by atoms with E-state index in [1.807, 2.05) is 0 Å². The van der Waals surface area contributed by atoms with Gasteiger partial charge in [-0.15, -0.1) is 0 Å². The van der Waals surface area contributed by atoms with Crippen LogP contribution in [-0.4, -0.2) is 85.5 Å². The molecule has 14 heteroatoms. The van der Waals surface area contributed by atoms with E-state index in [9.17, 15) is 19.0 Å². The maximum atomic E-state index is 14.6. The van der Waals surface area contributed by atoms with E-state index >= 15 is 0 Å². The molecule has 12 nitrogen and oxygen atoms in total. The van der Waals surface area contributed by atoms with Crippen LogP contribution in [0.25, 0.3) is 11.2 Å². The quantitative estimate of drug-likeness (QED) is 0.535. The second-order valence-electron chi connectivity index (χ2n) is 6.44. The van der Waals surface area contributed by atoms with E-state index in [1.54, 1.807) is 0 Å². The molecule has 28 heavy (non-hydrogen) atoms. The monoisotopic (exact) mass is 418 g/mol. The number of hydrogen-bond donors (Lipinski definition) is 3. The molecule has 4 N–H and O–H groups in total. The van der Waals surface area contributed by atoms with Gasteiger partial charge in [-0.1, -0.05) is 0 Å². The third kappa shape index (κ3) is 3.50. The third-order valence-corrected chi connectivity index (χ3v) is 6.30. The van der Waals surface area contributed by atoms with E-state index in [4.69, 9.17) is 19.7 Å². The molecule has 0 bridgehead atoms. The van der Waals surface area contributed by atoms with Gasteiger partial charge in [0.05, 0.1) is 26.1 Å². The van der Waals surface area contributed by atoms with Crippen LogP contribution < -0.4 is 5.73 Å². The predicted octanol–water partition coefficient (Wildman–Crippen LogP) is -0.546. The summed E-state index contributed by atoms with van der Waals surface area (Å²) >= 11 is 0. The zero-order valence-electron chi connectivity index (χ0n) is 14.7. The summed E-state index contributed by atoms with van der Waals surface area (Å²) in [6.45, 7) is 0.555. The minimum absolute atomic E-state index is 0.139. The number of alkyl halides is 1. The number of ether oxygens (including phenoxy) is 2. The van der Waals surface area contributed by atoms with Gasteiger partial charge in [0.1, 0.15) is 24.1 Å². The zero-order valence-corrected chi connectivity index (χ0v) is 15.6. The summed E-state index contributed by atoms with van der Waals surface area (Å²) in [6, 6.07) is 0. The van der Waals surface area contributed by atoms with Gasteiger partial charge >= 0.3 is 7.75 Å². The van der Waals surface area contributed by atoms with Crippen LogP contribution in [0.5, 0.6) is 0 Å². The third-order valence-electron chi connectivity index (χ3n) is 4.70. The molecule has 0 amide bonds. The Bertz CT molecular complexity index is 894. The van der Waals surface area contributed by atoms with Crippen molar-refractivity contribution in [3.05, 3.63) is 12.7 Å². The van der Waals surface area contributed by atoms with Gasteiger partial charge in [0.25, 0.3) is 0 Å². The molecule has 2 aliphatic rings. The highest BCUT2D eigenvalue weighted by atomic mass is 31.2. The van der Waals surface area contributed by atoms with Gasteiger partial charge in [-0.2, -0.15) is 0 Å². The Kier molecular flexibility index (Phi) is 5.31. The normalized spacial score (nSPS) is 31.2. The molecule has 0 saturated carbocycles. The molecule has 4 rings (SSSR count). The molecule has 5 atom stereocenters. The molecule has 154 valence electrons. The molecule has 4 heterocycles. The number of aliphatic hydroxyl groups excluding tert-OH is 1. The SMILES string of the molecule is Nc1ncnc2c1ncn2[C@@H]1O[C@H](COP(=O)(O)N2CCOCC2)C(F)C1O. The molecule has 3 unspecified atom stereocenters. The van der Waals surface area contributed by atoms with E-state index in [1.165, 1.54) is 21.9 Å². The molecule has 0 spiro atoms. The lowest BCUT2D eigenvalue weighted by Gasteiger charge is -2.30. The van der Waals surface area contributed by atoms with Gasteiger partial charge < -0.3 is 25.2 Å². The molecule has 2 aliphatic heterocycles. The van der Waals surface area contributed by atoms with Gasteiger partial charge in [0.15, 0.2) is 23.9 Å². The Balaban J connectivity index is 1.47. The molecule has 2 aromatic rings. The number of anilines is 1. The average molecular weight is 418 g/mol. The number of aromatic nitrogens is 4. The zero-order chi connectivity index (χ0) is 19.9. The van der Waals surface area contributed by atoms with E-state index in [0.29, 0.717) is 18.7 Å². The molecule has 2 fully saturated rings. The lowest BCUT2D eigenvalue weighted by atomic mass is 10.1. The van der Waals surface area contributed by atoms with Crippen LogP contribution in [0.4, 0.5) is 10.2 Å². The first-order valence-corrected chi connectivity index (χ1v) is 10.1. The number of morpholine rings is 1. The van der Waals surface area contributed by atoms with Crippen molar-refractivity contribution in [2.45, 2.75) is 24.6 Å². The highest BCUT2D eigenvalue weighted by Gasteiger charge is 2.47. The largest absolute Gasteiger partial charge is 0.405 e. The van der Waals surface area contributed by atoms with Crippen molar-refractivity contribution in [2.75, 3.05) is 38.6 Å². The second-order valence-corrected chi connectivity index (χ2v) is 8.24. The summed E-state index contributed by atoms with van der Waals surface area (Å²) in [7, 11) is -4.12. The lowest BCUT2D eigenvalue weighted by Crippen LogP contribution is -2.35. The van der Waals surface area contributed by atoms with Crippen LogP contribution in [0.2, 0.25) is 0 Å². The number of nitrogen functional groups attached to an aromatic ring is 1. The van der Waals surface area contributed by atoms with Crippen molar-refractivity contribution in [2.24, 2.45) is 0 Å².